The molecule has 0 fully saturated rings. The van der Waals surface area contributed by atoms with E-state index < -0.39 is 5.91 Å². The number of benzene rings is 2. The van der Waals surface area contributed by atoms with E-state index >= 15 is 0 Å². The van der Waals surface area contributed by atoms with Crippen LogP contribution in [0.3, 0.4) is 0 Å². The number of hydrogen-bond acceptors (Lipinski definition) is 4. The van der Waals surface area contributed by atoms with Gasteiger partial charge in [-0.15, -0.1) is 11.3 Å². The lowest BCUT2D eigenvalue weighted by Gasteiger charge is -2.10. The number of nitrogens with two attached hydrogens (primary N) is 1. The molecule has 1 aromatic heterocycles. The number of nitrogens with one attached hydrogen (secondary N) is 1. The summed E-state index contributed by atoms with van der Waals surface area (Å²) >= 11 is 1.32. The Kier molecular flexibility index (Phi) is 5.57. The van der Waals surface area contributed by atoms with Crippen molar-refractivity contribution in [3.05, 3.63) is 71.8 Å². The van der Waals surface area contributed by atoms with Crippen LogP contribution in [0.4, 0.5) is 5.00 Å². The Bertz CT molecular complexity index is 947. The van der Waals surface area contributed by atoms with Crippen molar-refractivity contribution in [1.29, 1.82) is 0 Å². The molecule has 3 aromatic rings. The highest BCUT2D eigenvalue weighted by Crippen LogP contribution is 2.35. The van der Waals surface area contributed by atoms with E-state index in [1.165, 1.54) is 11.3 Å². The first-order valence-corrected chi connectivity index (χ1v) is 9.33. The van der Waals surface area contributed by atoms with E-state index in [1.807, 2.05) is 44.2 Å². The van der Waals surface area contributed by atoms with Gasteiger partial charge in [0.15, 0.2) is 0 Å². The molecule has 6 heteroatoms. The Hall–Kier alpha value is -3.12. The third-order valence-corrected chi connectivity index (χ3v) is 4.87. The normalized spacial score (nSPS) is 10.6. The number of carbonyl (C=O) groups is 2. The summed E-state index contributed by atoms with van der Waals surface area (Å²) in [4.78, 5) is 25.2. The predicted octanol–water partition coefficient (Wildman–Crippen LogP) is 4.55. The molecular weight excluding hydrogens is 360 g/mol. The Balaban J connectivity index is 1.83. The van der Waals surface area contributed by atoms with Crippen molar-refractivity contribution in [3.63, 3.8) is 0 Å². The number of ether oxygens (including phenoxy) is 1. The molecule has 2 amide bonds. The van der Waals surface area contributed by atoms with Gasteiger partial charge in [-0.2, -0.15) is 0 Å². The summed E-state index contributed by atoms with van der Waals surface area (Å²) in [6, 6.07) is 18.2. The van der Waals surface area contributed by atoms with Crippen molar-refractivity contribution in [2.45, 2.75) is 20.0 Å². The van der Waals surface area contributed by atoms with Crippen LogP contribution in [0.5, 0.6) is 5.75 Å². The molecule has 27 heavy (non-hydrogen) atoms. The summed E-state index contributed by atoms with van der Waals surface area (Å²) in [6.07, 6.45) is 0.0605. The smallest absolute Gasteiger partial charge is 0.256 e. The predicted molar refractivity (Wildman–Crippen MR) is 108 cm³/mol. The number of amides is 2. The van der Waals surface area contributed by atoms with Crippen molar-refractivity contribution >= 4 is 28.2 Å². The number of hydrogen-bond donors (Lipinski definition) is 2. The van der Waals surface area contributed by atoms with E-state index in [2.05, 4.69) is 5.32 Å². The summed E-state index contributed by atoms with van der Waals surface area (Å²) in [6.45, 7) is 3.88. The Morgan fingerprint density at radius 3 is 2.30 bits per heavy atom. The lowest BCUT2D eigenvalue weighted by molar-refractivity contribution is 0.100. The van der Waals surface area contributed by atoms with Gasteiger partial charge in [0.05, 0.1) is 11.7 Å². The van der Waals surface area contributed by atoms with Crippen LogP contribution in [-0.4, -0.2) is 17.9 Å². The van der Waals surface area contributed by atoms with Gasteiger partial charge >= 0.3 is 0 Å². The van der Waals surface area contributed by atoms with Crippen LogP contribution in [0.25, 0.3) is 10.4 Å². The molecule has 138 valence electrons. The quantitative estimate of drug-likeness (QED) is 0.658. The SMILES string of the molecule is CC(C)Oc1ccc(C(=O)Nc2sc(-c3ccccc3)cc2C(N)=O)cc1. The summed E-state index contributed by atoms with van der Waals surface area (Å²) in [7, 11) is 0. The first-order valence-electron chi connectivity index (χ1n) is 8.51. The van der Waals surface area contributed by atoms with E-state index in [1.54, 1.807) is 30.3 Å². The highest BCUT2D eigenvalue weighted by atomic mass is 32.1. The second-order valence-electron chi connectivity index (χ2n) is 6.23. The van der Waals surface area contributed by atoms with Crippen LogP contribution < -0.4 is 15.8 Å². The van der Waals surface area contributed by atoms with Crippen molar-refractivity contribution in [2.75, 3.05) is 5.32 Å². The van der Waals surface area contributed by atoms with E-state index in [9.17, 15) is 9.59 Å². The second-order valence-corrected chi connectivity index (χ2v) is 7.28. The Labute approximate surface area is 161 Å². The largest absolute Gasteiger partial charge is 0.491 e. The fourth-order valence-corrected chi connectivity index (χ4v) is 3.61. The lowest BCUT2D eigenvalue weighted by Crippen LogP contribution is -2.16. The molecule has 0 unspecified atom stereocenters. The van der Waals surface area contributed by atoms with Crippen molar-refractivity contribution in [2.24, 2.45) is 5.73 Å². The van der Waals surface area contributed by atoms with Crippen LogP contribution in [0, 0.1) is 0 Å². The highest BCUT2D eigenvalue weighted by molar-refractivity contribution is 7.20. The monoisotopic (exact) mass is 380 g/mol. The molecule has 1 heterocycles. The number of rotatable bonds is 6. The van der Waals surface area contributed by atoms with Crippen molar-refractivity contribution < 1.29 is 14.3 Å². The molecule has 0 saturated heterocycles. The van der Waals surface area contributed by atoms with Gasteiger partial charge in [0.1, 0.15) is 10.8 Å². The minimum Gasteiger partial charge on any atom is -0.491 e. The van der Waals surface area contributed by atoms with Crippen molar-refractivity contribution in [3.8, 4) is 16.2 Å². The molecule has 0 aliphatic carbocycles. The first kappa shape index (κ1) is 18.7. The second kappa shape index (κ2) is 8.05. The van der Waals surface area contributed by atoms with Crippen LogP contribution in [0.2, 0.25) is 0 Å². The molecular formula is C21H20N2O3S. The molecule has 0 saturated carbocycles. The maximum atomic E-state index is 12.6. The lowest BCUT2D eigenvalue weighted by atomic mass is 10.1. The maximum Gasteiger partial charge on any atom is 0.256 e. The molecule has 0 aliphatic rings. The van der Waals surface area contributed by atoms with Crippen LogP contribution in [0.15, 0.2) is 60.7 Å². The molecule has 0 atom stereocenters. The number of primary amides is 1. The fraction of sp³-hybridized carbons (Fsp3) is 0.143. The minimum absolute atomic E-state index is 0.0605. The summed E-state index contributed by atoms with van der Waals surface area (Å²) in [5.41, 5.74) is 7.21. The van der Waals surface area contributed by atoms with E-state index in [0.29, 0.717) is 21.9 Å². The molecule has 0 aliphatic heterocycles. The highest BCUT2D eigenvalue weighted by Gasteiger charge is 2.17. The molecule has 2 aromatic carbocycles. The van der Waals surface area contributed by atoms with Gasteiger partial charge in [0.25, 0.3) is 11.8 Å². The van der Waals surface area contributed by atoms with Gasteiger partial charge in [-0.25, -0.2) is 0 Å². The zero-order chi connectivity index (χ0) is 19.4. The van der Waals surface area contributed by atoms with Crippen LogP contribution in [-0.2, 0) is 0 Å². The number of carbonyl (C=O) groups excluding carboxylic acids is 2. The zero-order valence-corrected chi connectivity index (χ0v) is 15.9. The van der Waals surface area contributed by atoms with Gasteiger partial charge in [0.2, 0.25) is 0 Å². The third kappa shape index (κ3) is 4.54. The van der Waals surface area contributed by atoms with E-state index in [4.69, 9.17) is 10.5 Å². The molecule has 0 bridgehead atoms. The fourth-order valence-electron chi connectivity index (χ4n) is 2.54. The zero-order valence-electron chi connectivity index (χ0n) is 15.1. The Morgan fingerprint density at radius 1 is 1.04 bits per heavy atom. The summed E-state index contributed by atoms with van der Waals surface area (Å²) in [5, 5.41) is 3.24. The topological polar surface area (TPSA) is 81.4 Å². The van der Waals surface area contributed by atoms with Crippen LogP contribution >= 0.6 is 11.3 Å². The Morgan fingerprint density at radius 2 is 1.70 bits per heavy atom. The van der Waals surface area contributed by atoms with E-state index in [-0.39, 0.29) is 12.0 Å². The first-order chi connectivity index (χ1) is 12.9. The maximum absolute atomic E-state index is 12.6. The van der Waals surface area contributed by atoms with E-state index in [0.717, 1.165) is 10.4 Å². The number of anilines is 1. The van der Waals surface area contributed by atoms with Gasteiger partial charge in [-0.3, -0.25) is 9.59 Å². The third-order valence-electron chi connectivity index (χ3n) is 3.77. The van der Waals surface area contributed by atoms with Gasteiger partial charge < -0.3 is 15.8 Å². The molecule has 3 rings (SSSR count). The minimum atomic E-state index is -0.579. The average molecular weight is 380 g/mol. The molecule has 5 nitrogen and oxygen atoms in total. The van der Waals surface area contributed by atoms with Gasteiger partial charge in [-0.05, 0) is 49.7 Å². The summed E-state index contributed by atoms with van der Waals surface area (Å²) < 4.78 is 5.58. The van der Waals surface area contributed by atoms with Gasteiger partial charge in [0, 0.05) is 10.4 Å². The molecule has 0 spiro atoms. The van der Waals surface area contributed by atoms with Gasteiger partial charge in [-0.1, -0.05) is 30.3 Å². The standard InChI is InChI=1S/C21H20N2O3S/c1-13(2)26-16-10-8-15(9-11-16)20(25)23-21-17(19(22)24)12-18(27-21)14-6-4-3-5-7-14/h3-13H,1-2H3,(H2,22,24)(H,23,25). The van der Waals surface area contributed by atoms with Crippen LogP contribution in [0.1, 0.15) is 34.6 Å². The average Bonchev–Trinajstić information content (AvgIpc) is 3.06. The summed E-state index contributed by atoms with van der Waals surface area (Å²) in [5.74, 6) is -0.193. The molecule has 3 N–H and O–H groups in total. The van der Waals surface area contributed by atoms with Crippen molar-refractivity contribution in [1.82, 2.24) is 0 Å². The number of thiophene rings is 1. The molecule has 0 radical (unpaired) electrons.